The summed E-state index contributed by atoms with van der Waals surface area (Å²) in [6.45, 7) is 0. The monoisotopic (exact) mass is 302 g/mol. The first kappa shape index (κ1) is 14.9. The van der Waals surface area contributed by atoms with Crippen molar-refractivity contribution in [2.24, 2.45) is 0 Å². The number of Topliss-reactive ketones (excluding diaryl/α,β-unsaturated/α-hetero) is 1. The molecule has 0 bridgehead atoms. The minimum Gasteiger partial charge on any atom is -0.496 e. The second-order valence-electron chi connectivity index (χ2n) is 5.84. The van der Waals surface area contributed by atoms with Crippen LogP contribution in [0.3, 0.4) is 0 Å². The second kappa shape index (κ2) is 6.03. The zero-order valence-electron chi connectivity index (χ0n) is 13.4. The number of allylic oxidation sites excluding steroid dienone is 2. The molecule has 1 aromatic rings. The molecule has 0 heterocycles. The molecule has 0 amide bonds. The third-order valence-electron chi connectivity index (χ3n) is 4.76. The average molecular weight is 302 g/mol. The summed E-state index contributed by atoms with van der Waals surface area (Å²) in [6, 6.07) is 3.73. The average Bonchev–Trinajstić information content (AvgIpc) is 2.90. The Labute approximate surface area is 131 Å². The fourth-order valence-electron chi connectivity index (χ4n) is 3.72. The zero-order chi connectivity index (χ0) is 15.7. The number of benzene rings is 1. The van der Waals surface area contributed by atoms with Crippen molar-refractivity contribution in [1.82, 2.24) is 0 Å². The first-order chi connectivity index (χ1) is 10.7. The third kappa shape index (κ3) is 2.36. The quantitative estimate of drug-likeness (QED) is 0.852. The van der Waals surface area contributed by atoms with E-state index in [1.807, 2.05) is 12.1 Å². The van der Waals surface area contributed by atoms with Crippen molar-refractivity contribution >= 4 is 5.78 Å². The number of carbonyl (C=O) groups is 1. The molecule has 0 saturated carbocycles. The molecule has 0 unspecified atom stereocenters. The van der Waals surface area contributed by atoms with Crippen LogP contribution in [0.1, 0.15) is 43.6 Å². The summed E-state index contributed by atoms with van der Waals surface area (Å²) in [6.07, 6.45) is 4.73. The molecule has 0 spiro atoms. The first-order valence-corrected chi connectivity index (χ1v) is 7.74. The summed E-state index contributed by atoms with van der Waals surface area (Å²) in [5, 5.41) is 0. The Hall–Kier alpha value is -1.97. The topological polar surface area (TPSA) is 44.8 Å². The Bertz CT molecular complexity index is 605. The molecule has 1 aromatic carbocycles. The Balaban J connectivity index is 2.11. The van der Waals surface area contributed by atoms with Crippen LogP contribution in [0.4, 0.5) is 0 Å². The Morgan fingerprint density at radius 3 is 2.18 bits per heavy atom. The Morgan fingerprint density at radius 1 is 0.955 bits per heavy atom. The molecule has 118 valence electrons. The standard InChI is InChI=1S/C18H22O4/c1-20-11-8-16(21-2)18(17(9-11)22-3)14-10-15(19)13-7-5-4-6-12(13)14/h8-9,14H,4-7,10H2,1-3H3/t14-/m0/s1. The van der Waals surface area contributed by atoms with Crippen LogP contribution in [-0.2, 0) is 4.79 Å². The van der Waals surface area contributed by atoms with Crippen LogP contribution in [0.15, 0.2) is 23.3 Å². The summed E-state index contributed by atoms with van der Waals surface area (Å²) in [5.74, 6) is 2.53. The number of hydrogen-bond acceptors (Lipinski definition) is 4. The van der Waals surface area contributed by atoms with E-state index in [0.29, 0.717) is 18.0 Å². The zero-order valence-corrected chi connectivity index (χ0v) is 13.4. The van der Waals surface area contributed by atoms with E-state index in [4.69, 9.17) is 14.2 Å². The molecule has 2 aliphatic rings. The van der Waals surface area contributed by atoms with Crippen LogP contribution in [0.25, 0.3) is 0 Å². The predicted octanol–water partition coefficient (Wildman–Crippen LogP) is 3.64. The van der Waals surface area contributed by atoms with E-state index in [1.54, 1.807) is 21.3 Å². The van der Waals surface area contributed by atoms with Gasteiger partial charge in [-0.15, -0.1) is 0 Å². The van der Waals surface area contributed by atoms with Crippen LogP contribution in [-0.4, -0.2) is 27.1 Å². The summed E-state index contributed by atoms with van der Waals surface area (Å²) in [7, 11) is 4.91. The predicted molar refractivity (Wildman–Crippen MR) is 84.0 cm³/mol. The molecule has 22 heavy (non-hydrogen) atoms. The highest BCUT2D eigenvalue weighted by Gasteiger charge is 2.37. The van der Waals surface area contributed by atoms with Gasteiger partial charge < -0.3 is 14.2 Å². The molecule has 4 nitrogen and oxygen atoms in total. The van der Waals surface area contributed by atoms with E-state index in [-0.39, 0.29) is 5.92 Å². The van der Waals surface area contributed by atoms with E-state index in [0.717, 1.165) is 48.3 Å². The molecule has 2 aliphatic carbocycles. The van der Waals surface area contributed by atoms with Crippen molar-refractivity contribution in [3.05, 3.63) is 28.8 Å². The summed E-state index contributed by atoms with van der Waals surface area (Å²) in [5.41, 5.74) is 3.32. The van der Waals surface area contributed by atoms with E-state index in [2.05, 4.69) is 0 Å². The maximum Gasteiger partial charge on any atom is 0.159 e. The lowest BCUT2D eigenvalue weighted by Crippen LogP contribution is -2.06. The number of ether oxygens (including phenoxy) is 3. The highest BCUT2D eigenvalue weighted by Crippen LogP contribution is 2.50. The van der Waals surface area contributed by atoms with Crippen molar-refractivity contribution in [2.45, 2.75) is 38.0 Å². The van der Waals surface area contributed by atoms with Crippen LogP contribution >= 0.6 is 0 Å². The van der Waals surface area contributed by atoms with Gasteiger partial charge in [0, 0.05) is 30.0 Å². The normalized spacial score (nSPS) is 20.9. The number of methoxy groups -OCH3 is 3. The van der Waals surface area contributed by atoms with E-state index < -0.39 is 0 Å². The largest absolute Gasteiger partial charge is 0.496 e. The lowest BCUT2D eigenvalue weighted by atomic mass is 9.85. The van der Waals surface area contributed by atoms with Crippen LogP contribution in [0.5, 0.6) is 17.2 Å². The highest BCUT2D eigenvalue weighted by atomic mass is 16.5. The van der Waals surface area contributed by atoms with Gasteiger partial charge >= 0.3 is 0 Å². The fourth-order valence-corrected chi connectivity index (χ4v) is 3.72. The molecule has 1 atom stereocenters. The minimum absolute atomic E-state index is 0.0820. The summed E-state index contributed by atoms with van der Waals surface area (Å²) < 4.78 is 16.4. The molecule has 0 radical (unpaired) electrons. The van der Waals surface area contributed by atoms with E-state index in [1.165, 1.54) is 5.57 Å². The fraction of sp³-hybridized carbons (Fsp3) is 0.500. The molecule has 0 N–H and O–H groups in total. The van der Waals surface area contributed by atoms with Gasteiger partial charge in [0.15, 0.2) is 5.78 Å². The Kier molecular flexibility index (Phi) is 4.10. The number of hydrogen-bond donors (Lipinski definition) is 0. The van der Waals surface area contributed by atoms with Crippen molar-refractivity contribution in [2.75, 3.05) is 21.3 Å². The van der Waals surface area contributed by atoms with Gasteiger partial charge in [-0.1, -0.05) is 5.57 Å². The number of ketones is 1. The van der Waals surface area contributed by atoms with Gasteiger partial charge in [-0.05, 0) is 31.3 Å². The maximum absolute atomic E-state index is 12.4. The SMILES string of the molecule is COc1cc(OC)c([C@H]2CC(=O)C3=C2CCCC3)c(OC)c1. The molecular formula is C18H22O4. The van der Waals surface area contributed by atoms with Crippen molar-refractivity contribution in [1.29, 1.82) is 0 Å². The second-order valence-corrected chi connectivity index (χ2v) is 5.84. The number of rotatable bonds is 4. The molecule has 4 heteroatoms. The van der Waals surface area contributed by atoms with Gasteiger partial charge in [-0.2, -0.15) is 0 Å². The van der Waals surface area contributed by atoms with Crippen molar-refractivity contribution in [3.8, 4) is 17.2 Å². The molecule has 0 aliphatic heterocycles. The van der Waals surface area contributed by atoms with Gasteiger partial charge in [0.1, 0.15) is 17.2 Å². The molecule has 0 aromatic heterocycles. The van der Waals surface area contributed by atoms with Crippen molar-refractivity contribution < 1.29 is 19.0 Å². The number of carbonyl (C=O) groups excluding carboxylic acids is 1. The van der Waals surface area contributed by atoms with Gasteiger partial charge in [0.05, 0.1) is 21.3 Å². The van der Waals surface area contributed by atoms with Crippen LogP contribution in [0, 0.1) is 0 Å². The van der Waals surface area contributed by atoms with Gasteiger partial charge in [0.2, 0.25) is 0 Å². The molecule has 3 rings (SSSR count). The smallest absolute Gasteiger partial charge is 0.159 e. The lowest BCUT2D eigenvalue weighted by Gasteiger charge is -2.23. The lowest BCUT2D eigenvalue weighted by molar-refractivity contribution is -0.115. The maximum atomic E-state index is 12.4. The highest BCUT2D eigenvalue weighted by molar-refractivity contribution is 6.00. The first-order valence-electron chi connectivity index (χ1n) is 7.74. The molecular weight excluding hydrogens is 280 g/mol. The van der Waals surface area contributed by atoms with Gasteiger partial charge in [0.25, 0.3) is 0 Å². The third-order valence-corrected chi connectivity index (χ3v) is 4.76. The Morgan fingerprint density at radius 2 is 1.59 bits per heavy atom. The van der Waals surface area contributed by atoms with Crippen molar-refractivity contribution in [3.63, 3.8) is 0 Å². The minimum atomic E-state index is 0.0820. The van der Waals surface area contributed by atoms with Crippen LogP contribution < -0.4 is 14.2 Å². The van der Waals surface area contributed by atoms with E-state index >= 15 is 0 Å². The summed E-state index contributed by atoms with van der Waals surface area (Å²) in [4.78, 5) is 12.4. The van der Waals surface area contributed by atoms with E-state index in [9.17, 15) is 4.79 Å². The van der Waals surface area contributed by atoms with Gasteiger partial charge in [-0.3, -0.25) is 4.79 Å². The molecule has 0 fully saturated rings. The van der Waals surface area contributed by atoms with Crippen LogP contribution in [0.2, 0.25) is 0 Å². The summed E-state index contributed by atoms with van der Waals surface area (Å²) >= 11 is 0. The van der Waals surface area contributed by atoms with Gasteiger partial charge in [-0.25, -0.2) is 0 Å². The molecule has 0 saturated heterocycles.